The van der Waals surface area contributed by atoms with Gasteiger partial charge in [-0.1, -0.05) is 30.3 Å². The van der Waals surface area contributed by atoms with E-state index in [1.165, 1.54) is 0 Å². The Morgan fingerprint density at radius 2 is 2.11 bits per heavy atom. The summed E-state index contributed by atoms with van der Waals surface area (Å²) in [5, 5.41) is 0. The van der Waals surface area contributed by atoms with Crippen molar-refractivity contribution in [3.63, 3.8) is 0 Å². The molecule has 0 spiro atoms. The first-order valence-corrected chi connectivity index (χ1v) is 6.77. The Kier molecular flexibility index (Phi) is 3.53. The standard InChI is InChI=1S/C11H13NO5S/c1-9-7-12(18(14,15)17-9)11(13)16-8-10-5-3-2-4-6-10/h2-6,9H,7-8H2,1H3. The number of benzene rings is 1. The van der Waals surface area contributed by atoms with Gasteiger partial charge in [-0.25, -0.2) is 8.98 Å². The minimum Gasteiger partial charge on any atom is -0.444 e. The zero-order valence-corrected chi connectivity index (χ0v) is 10.6. The van der Waals surface area contributed by atoms with Gasteiger partial charge < -0.3 is 4.74 Å². The van der Waals surface area contributed by atoms with Gasteiger partial charge in [-0.3, -0.25) is 0 Å². The molecule has 6 nitrogen and oxygen atoms in total. The molecule has 1 saturated heterocycles. The lowest BCUT2D eigenvalue weighted by atomic mass is 10.2. The smallest absolute Gasteiger partial charge is 0.425 e. The monoisotopic (exact) mass is 271 g/mol. The molecular weight excluding hydrogens is 258 g/mol. The fourth-order valence-corrected chi connectivity index (χ4v) is 2.78. The van der Waals surface area contributed by atoms with Crippen LogP contribution in [0.3, 0.4) is 0 Å². The van der Waals surface area contributed by atoms with Crippen LogP contribution in [0.2, 0.25) is 0 Å². The number of amides is 1. The van der Waals surface area contributed by atoms with Crippen LogP contribution in [0.25, 0.3) is 0 Å². The molecule has 7 heteroatoms. The van der Waals surface area contributed by atoms with Crippen LogP contribution in [0.1, 0.15) is 12.5 Å². The molecule has 1 amide bonds. The second-order valence-electron chi connectivity index (χ2n) is 3.94. The van der Waals surface area contributed by atoms with Crippen LogP contribution in [0.4, 0.5) is 4.79 Å². The predicted octanol–water partition coefficient (Wildman–Crippen LogP) is 1.29. The van der Waals surface area contributed by atoms with E-state index in [0.717, 1.165) is 5.56 Å². The molecule has 1 unspecified atom stereocenters. The maximum Gasteiger partial charge on any atom is 0.425 e. The molecule has 0 aromatic heterocycles. The van der Waals surface area contributed by atoms with Crippen LogP contribution in [0.15, 0.2) is 30.3 Å². The number of ether oxygens (including phenoxy) is 1. The van der Waals surface area contributed by atoms with Gasteiger partial charge in [0.1, 0.15) is 6.61 Å². The summed E-state index contributed by atoms with van der Waals surface area (Å²) in [5.41, 5.74) is 0.788. The number of hydrogen-bond donors (Lipinski definition) is 0. The summed E-state index contributed by atoms with van der Waals surface area (Å²) < 4.78 is 33.0. The number of rotatable bonds is 2. The molecule has 1 heterocycles. The third-order valence-electron chi connectivity index (χ3n) is 2.39. The average Bonchev–Trinajstić information content (AvgIpc) is 2.61. The van der Waals surface area contributed by atoms with E-state index in [9.17, 15) is 13.2 Å². The van der Waals surface area contributed by atoms with E-state index in [2.05, 4.69) is 4.18 Å². The highest BCUT2D eigenvalue weighted by Gasteiger charge is 2.39. The largest absolute Gasteiger partial charge is 0.444 e. The summed E-state index contributed by atoms with van der Waals surface area (Å²) >= 11 is 0. The highest BCUT2D eigenvalue weighted by molar-refractivity contribution is 7.85. The molecule has 98 valence electrons. The van der Waals surface area contributed by atoms with E-state index in [-0.39, 0.29) is 13.2 Å². The predicted molar refractivity (Wildman–Crippen MR) is 62.8 cm³/mol. The van der Waals surface area contributed by atoms with Gasteiger partial charge in [-0.05, 0) is 12.5 Å². The molecule has 1 aliphatic heterocycles. The molecule has 0 N–H and O–H groups in total. The maximum atomic E-state index is 11.6. The van der Waals surface area contributed by atoms with E-state index in [1.54, 1.807) is 31.2 Å². The summed E-state index contributed by atoms with van der Waals surface area (Å²) in [7, 11) is -3.98. The fraction of sp³-hybridized carbons (Fsp3) is 0.364. The fourth-order valence-electron chi connectivity index (χ4n) is 1.57. The molecule has 1 aromatic rings. The molecule has 2 rings (SSSR count). The third kappa shape index (κ3) is 2.80. The van der Waals surface area contributed by atoms with E-state index >= 15 is 0 Å². The van der Waals surface area contributed by atoms with Gasteiger partial charge in [0.2, 0.25) is 0 Å². The molecule has 0 aliphatic carbocycles. The summed E-state index contributed by atoms with van der Waals surface area (Å²) in [5.74, 6) is 0. The van der Waals surface area contributed by atoms with Crippen LogP contribution in [0, 0.1) is 0 Å². The lowest BCUT2D eigenvalue weighted by Gasteiger charge is -2.12. The number of carbonyl (C=O) groups is 1. The maximum absolute atomic E-state index is 11.6. The average molecular weight is 271 g/mol. The van der Waals surface area contributed by atoms with Gasteiger partial charge in [0.15, 0.2) is 0 Å². The first-order valence-electron chi connectivity index (χ1n) is 5.40. The van der Waals surface area contributed by atoms with Crippen LogP contribution >= 0.6 is 0 Å². The zero-order valence-electron chi connectivity index (χ0n) is 9.78. The van der Waals surface area contributed by atoms with Gasteiger partial charge in [-0.15, -0.1) is 0 Å². The van der Waals surface area contributed by atoms with Crippen molar-refractivity contribution in [3.05, 3.63) is 35.9 Å². The molecule has 0 bridgehead atoms. The Morgan fingerprint density at radius 3 is 2.67 bits per heavy atom. The van der Waals surface area contributed by atoms with E-state index in [0.29, 0.717) is 4.31 Å². The van der Waals surface area contributed by atoms with E-state index in [4.69, 9.17) is 4.74 Å². The number of nitrogens with zero attached hydrogens (tertiary/aromatic N) is 1. The molecule has 0 radical (unpaired) electrons. The number of carbonyl (C=O) groups excluding carboxylic acids is 1. The lowest BCUT2D eigenvalue weighted by molar-refractivity contribution is 0.120. The number of hydrogen-bond acceptors (Lipinski definition) is 5. The topological polar surface area (TPSA) is 72.9 Å². The summed E-state index contributed by atoms with van der Waals surface area (Å²) in [6, 6.07) is 9.02. The first kappa shape index (κ1) is 12.8. The summed E-state index contributed by atoms with van der Waals surface area (Å²) in [6.45, 7) is 1.58. The van der Waals surface area contributed by atoms with Gasteiger partial charge in [0.25, 0.3) is 0 Å². The Bertz CT molecular complexity index is 528. The van der Waals surface area contributed by atoms with Crippen LogP contribution in [0.5, 0.6) is 0 Å². The van der Waals surface area contributed by atoms with Crippen molar-refractivity contribution in [1.29, 1.82) is 0 Å². The van der Waals surface area contributed by atoms with Crippen LogP contribution in [-0.2, 0) is 25.8 Å². The van der Waals surface area contributed by atoms with Crippen LogP contribution < -0.4 is 0 Å². The third-order valence-corrected chi connectivity index (χ3v) is 3.80. The van der Waals surface area contributed by atoms with Crippen molar-refractivity contribution < 1.29 is 22.1 Å². The molecule has 1 aromatic carbocycles. The molecule has 18 heavy (non-hydrogen) atoms. The lowest BCUT2D eigenvalue weighted by Crippen LogP contribution is -2.33. The Morgan fingerprint density at radius 1 is 1.44 bits per heavy atom. The Labute approximate surface area is 105 Å². The van der Waals surface area contributed by atoms with Gasteiger partial charge in [-0.2, -0.15) is 12.7 Å². The van der Waals surface area contributed by atoms with Gasteiger partial charge in [0.05, 0.1) is 12.6 Å². The Balaban J connectivity index is 1.97. The zero-order chi connectivity index (χ0) is 13.2. The van der Waals surface area contributed by atoms with Crippen LogP contribution in [-0.4, -0.2) is 31.5 Å². The van der Waals surface area contributed by atoms with Crippen molar-refractivity contribution in [2.75, 3.05) is 6.54 Å². The molecule has 1 aliphatic rings. The summed E-state index contributed by atoms with van der Waals surface area (Å²) in [4.78, 5) is 11.6. The molecule has 0 saturated carbocycles. The second kappa shape index (κ2) is 4.95. The molecule has 1 fully saturated rings. The van der Waals surface area contributed by atoms with Crippen molar-refractivity contribution in [3.8, 4) is 0 Å². The van der Waals surface area contributed by atoms with E-state index < -0.39 is 22.5 Å². The van der Waals surface area contributed by atoms with Crippen molar-refractivity contribution in [1.82, 2.24) is 4.31 Å². The quantitative estimate of drug-likeness (QED) is 0.810. The van der Waals surface area contributed by atoms with Crippen molar-refractivity contribution in [2.45, 2.75) is 19.6 Å². The SMILES string of the molecule is CC1CN(C(=O)OCc2ccccc2)S(=O)(=O)O1. The minimum absolute atomic E-state index is 0.0179. The molecule has 1 atom stereocenters. The summed E-state index contributed by atoms with van der Waals surface area (Å²) in [6.07, 6.45) is -1.46. The normalized spacial score (nSPS) is 21.8. The van der Waals surface area contributed by atoms with Crippen molar-refractivity contribution in [2.24, 2.45) is 0 Å². The molecular formula is C11H13NO5S. The first-order chi connectivity index (χ1) is 8.49. The highest BCUT2D eigenvalue weighted by atomic mass is 32.2. The van der Waals surface area contributed by atoms with Gasteiger partial charge in [0, 0.05) is 0 Å². The Hall–Kier alpha value is -1.60. The van der Waals surface area contributed by atoms with Gasteiger partial charge >= 0.3 is 16.4 Å². The van der Waals surface area contributed by atoms with Crippen molar-refractivity contribution >= 4 is 16.4 Å². The highest BCUT2D eigenvalue weighted by Crippen LogP contribution is 2.18. The minimum atomic E-state index is -3.98. The van der Waals surface area contributed by atoms with E-state index in [1.807, 2.05) is 6.07 Å². The second-order valence-corrected chi connectivity index (χ2v) is 5.42.